The van der Waals surface area contributed by atoms with E-state index in [4.69, 9.17) is 4.52 Å². The van der Waals surface area contributed by atoms with Gasteiger partial charge in [-0.15, -0.1) is 0 Å². The van der Waals surface area contributed by atoms with E-state index in [0.717, 1.165) is 38.2 Å². The van der Waals surface area contributed by atoms with Crippen molar-refractivity contribution in [1.29, 1.82) is 0 Å². The van der Waals surface area contributed by atoms with E-state index in [-0.39, 0.29) is 11.9 Å². The number of hydrogen-bond acceptors (Lipinski definition) is 5. The predicted molar refractivity (Wildman–Crippen MR) is 79.7 cm³/mol. The SMILES string of the molecule is CCc1noc([C@H](C)N[C@H]2CCN(C(C)=O)C[C@H]2CC)n1. The molecule has 2 heterocycles. The molecule has 21 heavy (non-hydrogen) atoms. The minimum atomic E-state index is 0.0423. The van der Waals surface area contributed by atoms with E-state index in [0.29, 0.717) is 17.9 Å². The Balaban J connectivity index is 1.96. The Morgan fingerprint density at radius 2 is 2.29 bits per heavy atom. The van der Waals surface area contributed by atoms with Gasteiger partial charge in [-0.3, -0.25) is 4.79 Å². The summed E-state index contributed by atoms with van der Waals surface area (Å²) >= 11 is 0. The zero-order valence-electron chi connectivity index (χ0n) is 13.4. The van der Waals surface area contributed by atoms with E-state index in [1.54, 1.807) is 6.92 Å². The number of carbonyl (C=O) groups excluding carboxylic acids is 1. The standard InChI is InChI=1S/C15H26N4O2/c1-5-12-9-19(11(4)20)8-7-13(12)16-10(3)15-17-14(6-2)18-21-15/h10,12-13,16H,5-9H2,1-4H3/t10-,12+,13-/m0/s1. The molecule has 1 aliphatic heterocycles. The van der Waals surface area contributed by atoms with Gasteiger partial charge in [0.05, 0.1) is 6.04 Å². The second-order valence-electron chi connectivity index (χ2n) is 5.82. The minimum Gasteiger partial charge on any atom is -0.343 e. The fourth-order valence-electron chi connectivity index (χ4n) is 2.93. The number of piperidine rings is 1. The minimum absolute atomic E-state index is 0.0423. The largest absolute Gasteiger partial charge is 0.343 e. The van der Waals surface area contributed by atoms with E-state index < -0.39 is 0 Å². The molecule has 0 radical (unpaired) electrons. The molecule has 1 fully saturated rings. The summed E-state index contributed by atoms with van der Waals surface area (Å²) in [5, 5.41) is 7.54. The molecule has 0 bridgehead atoms. The maximum Gasteiger partial charge on any atom is 0.243 e. The lowest BCUT2D eigenvalue weighted by molar-refractivity contribution is -0.131. The molecular weight excluding hydrogens is 268 g/mol. The van der Waals surface area contributed by atoms with Gasteiger partial charge in [0.25, 0.3) is 0 Å². The normalized spacial score (nSPS) is 24.1. The zero-order chi connectivity index (χ0) is 15.4. The van der Waals surface area contributed by atoms with Crippen molar-refractivity contribution in [3.63, 3.8) is 0 Å². The molecule has 0 unspecified atom stereocenters. The average Bonchev–Trinajstić information content (AvgIpc) is 2.96. The first-order chi connectivity index (χ1) is 10.0. The van der Waals surface area contributed by atoms with E-state index >= 15 is 0 Å². The first kappa shape index (κ1) is 15.9. The molecule has 1 amide bonds. The summed E-state index contributed by atoms with van der Waals surface area (Å²) in [5.74, 6) is 2.04. The van der Waals surface area contributed by atoms with E-state index in [2.05, 4.69) is 29.3 Å². The fraction of sp³-hybridized carbons (Fsp3) is 0.800. The van der Waals surface area contributed by atoms with Gasteiger partial charge in [-0.05, 0) is 19.3 Å². The summed E-state index contributed by atoms with van der Waals surface area (Å²) in [6, 6.07) is 0.429. The molecule has 6 heteroatoms. The van der Waals surface area contributed by atoms with E-state index in [9.17, 15) is 4.79 Å². The Kier molecular flexibility index (Phi) is 5.33. The van der Waals surface area contributed by atoms with Crippen molar-refractivity contribution in [2.24, 2.45) is 5.92 Å². The highest BCUT2D eigenvalue weighted by molar-refractivity contribution is 5.73. The number of amides is 1. The highest BCUT2D eigenvalue weighted by atomic mass is 16.5. The van der Waals surface area contributed by atoms with Crippen LogP contribution in [0.15, 0.2) is 4.52 Å². The van der Waals surface area contributed by atoms with Crippen molar-refractivity contribution in [1.82, 2.24) is 20.4 Å². The van der Waals surface area contributed by atoms with Crippen molar-refractivity contribution in [2.75, 3.05) is 13.1 Å². The molecule has 118 valence electrons. The van der Waals surface area contributed by atoms with Crippen LogP contribution in [-0.4, -0.2) is 40.1 Å². The molecule has 1 aliphatic rings. The molecular formula is C15H26N4O2. The van der Waals surface area contributed by atoms with Crippen LogP contribution in [0.4, 0.5) is 0 Å². The van der Waals surface area contributed by atoms with Crippen LogP contribution in [0, 0.1) is 5.92 Å². The molecule has 1 saturated heterocycles. The number of hydrogen-bond donors (Lipinski definition) is 1. The van der Waals surface area contributed by atoms with Crippen LogP contribution >= 0.6 is 0 Å². The summed E-state index contributed by atoms with van der Waals surface area (Å²) in [7, 11) is 0. The zero-order valence-corrected chi connectivity index (χ0v) is 13.4. The second kappa shape index (κ2) is 7.02. The van der Waals surface area contributed by atoms with Crippen LogP contribution in [0.25, 0.3) is 0 Å². The van der Waals surface area contributed by atoms with Crippen molar-refractivity contribution in [2.45, 2.75) is 59.0 Å². The first-order valence-electron chi connectivity index (χ1n) is 7.89. The molecule has 1 aromatic heterocycles. The molecule has 0 spiro atoms. The monoisotopic (exact) mass is 294 g/mol. The molecule has 0 aromatic carbocycles. The van der Waals surface area contributed by atoms with Crippen molar-refractivity contribution in [3.05, 3.63) is 11.7 Å². The number of likely N-dealkylation sites (tertiary alicyclic amines) is 1. The van der Waals surface area contributed by atoms with Gasteiger partial charge in [0.2, 0.25) is 11.8 Å². The third kappa shape index (κ3) is 3.81. The quantitative estimate of drug-likeness (QED) is 0.898. The highest BCUT2D eigenvalue weighted by Gasteiger charge is 2.30. The Morgan fingerprint density at radius 3 is 2.86 bits per heavy atom. The van der Waals surface area contributed by atoms with Gasteiger partial charge in [0, 0.05) is 32.5 Å². The van der Waals surface area contributed by atoms with Crippen molar-refractivity contribution >= 4 is 5.91 Å². The third-order valence-corrected chi connectivity index (χ3v) is 4.34. The Labute approximate surface area is 126 Å². The van der Waals surface area contributed by atoms with Gasteiger partial charge in [-0.2, -0.15) is 4.98 Å². The Bertz CT molecular complexity index is 474. The molecule has 2 rings (SSSR count). The lowest BCUT2D eigenvalue weighted by Crippen LogP contribution is -2.50. The van der Waals surface area contributed by atoms with Crippen LogP contribution in [0.3, 0.4) is 0 Å². The number of nitrogens with one attached hydrogen (secondary N) is 1. The average molecular weight is 294 g/mol. The third-order valence-electron chi connectivity index (χ3n) is 4.34. The van der Waals surface area contributed by atoms with Gasteiger partial charge >= 0.3 is 0 Å². The second-order valence-corrected chi connectivity index (χ2v) is 5.82. The van der Waals surface area contributed by atoms with Crippen LogP contribution in [0.2, 0.25) is 0 Å². The number of rotatable bonds is 5. The predicted octanol–water partition coefficient (Wildman–Crippen LogP) is 1.93. The van der Waals surface area contributed by atoms with E-state index in [1.807, 2.05) is 11.8 Å². The maximum atomic E-state index is 11.5. The molecule has 3 atom stereocenters. The van der Waals surface area contributed by atoms with Gasteiger partial charge in [0.15, 0.2) is 5.82 Å². The van der Waals surface area contributed by atoms with Crippen LogP contribution in [0.5, 0.6) is 0 Å². The lowest BCUT2D eigenvalue weighted by atomic mass is 9.89. The number of carbonyl (C=O) groups is 1. The number of aromatic nitrogens is 2. The highest BCUT2D eigenvalue weighted by Crippen LogP contribution is 2.23. The van der Waals surface area contributed by atoms with Crippen LogP contribution in [0.1, 0.15) is 58.3 Å². The first-order valence-corrected chi connectivity index (χ1v) is 7.89. The number of nitrogens with zero attached hydrogens (tertiary/aromatic N) is 3. The smallest absolute Gasteiger partial charge is 0.243 e. The van der Waals surface area contributed by atoms with Gasteiger partial charge in [0.1, 0.15) is 0 Å². The summed E-state index contributed by atoms with van der Waals surface area (Å²) in [4.78, 5) is 17.8. The van der Waals surface area contributed by atoms with Crippen LogP contribution < -0.4 is 5.32 Å². The van der Waals surface area contributed by atoms with Crippen LogP contribution in [-0.2, 0) is 11.2 Å². The lowest BCUT2D eigenvalue weighted by Gasteiger charge is -2.39. The van der Waals surface area contributed by atoms with Gasteiger partial charge in [-0.1, -0.05) is 25.4 Å². The fourth-order valence-corrected chi connectivity index (χ4v) is 2.93. The van der Waals surface area contributed by atoms with Crippen molar-refractivity contribution < 1.29 is 9.32 Å². The van der Waals surface area contributed by atoms with Gasteiger partial charge in [-0.25, -0.2) is 0 Å². The molecule has 6 nitrogen and oxygen atoms in total. The van der Waals surface area contributed by atoms with Gasteiger partial charge < -0.3 is 14.7 Å². The Hall–Kier alpha value is -1.43. The molecule has 0 saturated carbocycles. The van der Waals surface area contributed by atoms with Crippen molar-refractivity contribution in [3.8, 4) is 0 Å². The Morgan fingerprint density at radius 1 is 1.52 bits per heavy atom. The summed E-state index contributed by atoms with van der Waals surface area (Å²) in [6.07, 6.45) is 2.81. The molecule has 0 aliphatic carbocycles. The molecule has 1 aromatic rings. The van der Waals surface area contributed by atoms with E-state index in [1.165, 1.54) is 0 Å². The topological polar surface area (TPSA) is 71.3 Å². The number of aryl methyl sites for hydroxylation is 1. The molecule has 1 N–H and O–H groups in total. The summed E-state index contributed by atoms with van der Waals surface area (Å²) in [5.41, 5.74) is 0. The maximum absolute atomic E-state index is 11.5. The summed E-state index contributed by atoms with van der Waals surface area (Å²) < 4.78 is 5.30. The summed E-state index contributed by atoms with van der Waals surface area (Å²) in [6.45, 7) is 9.54.